The molecule has 0 aromatic rings. The molecule has 0 saturated carbocycles. The molecule has 0 amide bonds. The van der Waals surface area contributed by atoms with E-state index in [1.165, 1.54) is 6.92 Å². The molecule has 54 valence electrons. The monoisotopic (exact) mass is 133 g/mol. The van der Waals surface area contributed by atoms with Crippen molar-refractivity contribution in [2.75, 3.05) is 6.61 Å². The van der Waals surface area contributed by atoms with Crippen LogP contribution in [0.15, 0.2) is 0 Å². The van der Waals surface area contributed by atoms with E-state index >= 15 is 0 Å². The summed E-state index contributed by atoms with van der Waals surface area (Å²) in [6.45, 7) is 1.50. The Hall–Kier alpha value is -0.610. The molecular formula is C5H11NO3. The van der Waals surface area contributed by atoms with Crippen molar-refractivity contribution >= 4 is 5.97 Å². The molecule has 9 heavy (non-hydrogen) atoms. The maximum atomic E-state index is 10.1. The zero-order valence-electron chi connectivity index (χ0n) is 5.33. The Kier molecular flexibility index (Phi) is 4.00. The first-order chi connectivity index (χ1) is 4.13. The van der Waals surface area contributed by atoms with Gasteiger partial charge < -0.3 is 15.6 Å². The van der Waals surface area contributed by atoms with E-state index in [4.69, 9.17) is 10.8 Å². The van der Waals surface area contributed by atoms with E-state index in [0.29, 0.717) is 6.42 Å². The van der Waals surface area contributed by atoms with Gasteiger partial charge in [0.1, 0.15) is 6.23 Å². The fourth-order valence-corrected chi connectivity index (χ4v) is 0.323. The Balaban J connectivity index is 3.01. The lowest BCUT2D eigenvalue weighted by Gasteiger charge is -2.02. The van der Waals surface area contributed by atoms with Crippen molar-refractivity contribution in [3.63, 3.8) is 0 Å². The van der Waals surface area contributed by atoms with Crippen LogP contribution in [0.1, 0.15) is 13.3 Å². The quantitative estimate of drug-likeness (QED) is 0.391. The predicted octanol–water partition coefficient (Wildman–Crippen LogP) is -0.783. The maximum absolute atomic E-state index is 10.1. The van der Waals surface area contributed by atoms with Crippen molar-refractivity contribution in [3.8, 4) is 0 Å². The average molecular weight is 133 g/mol. The van der Waals surface area contributed by atoms with Gasteiger partial charge in [0.15, 0.2) is 0 Å². The molecule has 4 nitrogen and oxygen atoms in total. The number of hydrogen-bond acceptors (Lipinski definition) is 4. The Bertz CT molecular complexity index is 92.2. The zero-order valence-corrected chi connectivity index (χ0v) is 5.33. The van der Waals surface area contributed by atoms with Gasteiger partial charge >= 0.3 is 5.97 Å². The fraction of sp³-hybridized carbons (Fsp3) is 0.800. The van der Waals surface area contributed by atoms with Crippen LogP contribution in [0.3, 0.4) is 0 Å². The summed E-state index contributed by atoms with van der Waals surface area (Å²) in [5.41, 5.74) is 4.94. The number of carbonyl (C=O) groups is 1. The summed E-state index contributed by atoms with van der Waals surface area (Å²) < 4.78 is 4.47. The van der Waals surface area contributed by atoms with Crippen molar-refractivity contribution in [2.45, 2.75) is 19.6 Å². The highest BCUT2D eigenvalue weighted by molar-refractivity contribution is 5.65. The second kappa shape index (κ2) is 4.29. The molecule has 4 heteroatoms. The lowest BCUT2D eigenvalue weighted by atomic mass is 10.4. The summed E-state index contributed by atoms with van der Waals surface area (Å²) in [6.07, 6.45) is -0.594. The second-order valence-corrected chi connectivity index (χ2v) is 1.70. The van der Waals surface area contributed by atoms with Gasteiger partial charge in [0.05, 0.1) is 6.61 Å². The van der Waals surface area contributed by atoms with E-state index in [1.807, 2.05) is 0 Å². The third kappa shape index (κ3) is 7.39. The van der Waals surface area contributed by atoms with Crippen LogP contribution in [0.5, 0.6) is 0 Å². The second-order valence-electron chi connectivity index (χ2n) is 1.70. The molecule has 3 N–H and O–H groups in total. The Morgan fingerprint density at radius 1 is 1.89 bits per heavy atom. The highest BCUT2D eigenvalue weighted by Gasteiger charge is 1.96. The highest BCUT2D eigenvalue weighted by atomic mass is 16.5. The average Bonchev–Trinajstić information content (AvgIpc) is 1.63. The first kappa shape index (κ1) is 8.39. The van der Waals surface area contributed by atoms with Crippen molar-refractivity contribution in [2.24, 2.45) is 5.73 Å². The minimum Gasteiger partial charge on any atom is -0.466 e. The molecule has 0 aromatic heterocycles. The van der Waals surface area contributed by atoms with Crippen molar-refractivity contribution in [1.29, 1.82) is 0 Å². The van der Waals surface area contributed by atoms with Crippen LogP contribution >= 0.6 is 0 Å². The zero-order chi connectivity index (χ0) is 7.28. The van der Waals surface area contributed by atoms with E-state index < -0.39 is 6.23 Å². The summed E-state index contributed by atoms with van der Waals surface area (Å²) in [4.78, 5) is 10.1. The van der Waals surface area contributed by atoms with E-state index in [9.17, 15) is 4.79 Å². The van der Waals surface area contributed by atoms with Gasteiger partial charge in [-0.05, 0) is 0 Å². The summed E-state index contributed by atoms with van der Waals surface area (Å²) in [7, 11) is 0. The van der Waals surface area contributed by atoms with Gasteiger partial charge in [0.2, 0.25) is 0 Å². The van der Waals surface area contributed by atoms with Gasteiger partial charge in [-0.3, -0.25) is 4.79 Å². The van der Waals surface area contributed by atoms with E-state index in [0.717, 1.165) is 0 Å². The van der Waals surface area contributed by atoms with Crippen LogP contribution in [0.25, 0.3) is 0 Å². The highest BCUT2D eigenvalue weighted by Crippen LogP contribution is 1.84. The van der Waals surface area contributed by atoms with Crippen molar-refractivity contribution in [1.82, 2.24) is 0 Å². The number of ether oxygens (including phenoxy) is 1. The van der Waals surface area contributed by atoms with E-state index in [-0.39, 0.29) is 12.6 Å². The molecule has 0 aromatic carbocycles. The number of rotatable bonds is 3. The fourth-order valence-electron chi connectivity index (χ4n) is 0.323. The third-order valence-electron chi connectivity index (χ3n) is 0.719. The van der Waals surface area contributed by atoms with E-state index in [1.54, 1.807) is 0 Å². The van der Waals surface area contributed by atoms with Crippen molar-refractivity contribution < 1.29 is 14.6 Å². The molecule has 0 aliphatic carbocycles. The van der Waals surface area contributed by atoms with Gasteiger partial charge in [-0.15, -0.1) is 0 Å². The molecule has 0 radical (unpaired) electrons. The molecule has 0 aliphatic rings. The van der Waals surface area contributed by atoms with Crippen LogP contribution in [-0.4, -0.2) is 23.9 Å². The molecule has 0 spiro atoms. The minimum atomic E-state index is -0.885. The van der Waals surface area contributed by atoms with Crippen LogP contribution < -0.4 is 5.73 Å². The summed E-state index contributed by atoms with van der Waals surface area (Å²) >= 11 is 0. The number of aliphatic hydroxyl groups is 1. The number of aliphatic hydroxyl groups excluding tert-OH is 1. The molecule has 1 atom stereocenters. The van der Waals surface area contributed by atoms with Gasteiger partial charge in [-0.25, -0.2) is 0 Å². The van der Waals surface area contributed by atoms with Crippen molar-refractivity contribution in [3.05, 3.63) is 0 Å². The van der Waals surface area contributed by atoms with Crippen LogP contribution in [0, 0.1) is 0 Å². The standard InChI is InChI=1S/C5H11NO3/c1-4(7)9-3-2-5(6)8/h5,8H,2-3,6H2,1H3. The van der Waals surface area contributed by atoms with Gasteiger partial charge in [-0.2, -0.15) is 0 Å². The molecular weight excluding hydrogens is 122 g/mol. The SMILES string of the molecule is CC(=O)OCCC(N)O. The smallest absolute Gasteiger partial charge is 0.302 e. The van der Waals surface area contributed by atoms with Crippen LogP contribution in [0.2, 0.25) is 0 Å². The largest absolute Gasteiger partial charge is 0.466 e. The normalized spacial score (nSPS) is 12.8. The Morgan fingerprint density at radius 3 is 2.78 bits per heavy atom. The topological polar surface area (TPSA) is 72.5 Å². The Morgan fingerprint density at radius 2 is 2.44 bits per heavy atom. The van der Waals surface area contributed by atoms with Gasteiger partial charge in [0.25, 0.3) is 0 Å². The first-order valence-corrected chi connectivity index (χ1v) is 2.70. The lowest BCUT2D eigenvalue weighted by Crippen LogP contribution is -2.21. The lowest BCUT2D eigenvalue weighted by molar-refractivity contribution is -0.141. The number of hydrogen-bond donors (Lipinski definition) is 2. The van der Waals surface area contributed by atoms with Gasteiger partial charge in [-0.1, -0.05) is 0 Å². The van der Waals surface area contributed by atoms with Gasteiger partial charge in [0, 0.05) is 13.3 Å². The minimum absolute atomic E-state index is 0.188. The number of nitrogens with two attached hydrogens (primary N) is 1. The molecule has 0 rings (SSSR count). The number of esters is 1. The molecule has 0 fully saturated rings. The molecule has 1 unspecified atom stereocenters. The first-order valence-electron chi connectivity index (χ1n) is 2.70. The van der Waals surface area contributed by atoms with Crippen LogP contribution in [-0.2, 0) is 9.53 Å². The summed E-state index contributed by atoms with van der Waals surface area (Å²) in [5, 5.41) is 8.45. The van der Waals surface area contributed by atoms with E-state index in [2.05, 4.69) is 4.74 Å². The molecule has 0 bridgehead atoms. The number of carbonyl (C=O) groups excluding carboxylic acids is 1. The predicted molar refractivity (Wildman–Crippen MR) is 31.4 cm³/mol. The maximum Gasteiger partial charge on any atom is 0.302 e. The molecule has 0 heterocycles. The van der Waals surface area contributed by atoms with Crippen LogP contribution in [0.4, 0.5) is 0 Å². The summed E-state index contributed by atoms with van der Waals surface area (Å²) in [5.74, 6) is -0.351. The summed E-state index contributed by atoms with van der Waals surface area (Å²) in [6, 6.07) is 0. The molecule has 0 saturated heterocycles. The third-order valence-corrected chi connectivity index (χ3v) is 0.719. The Labute approximate surface area is 53.6 Å². The molecule has 0 aliphatic heterocycles.